The van der Waals surface area contributed by atoms with Gasteiger partial charge in [0.1, 0.15) is 11.5 Å². The van der Waals surface area contributed by atoms with Crippen molar-refractivity contribution in [2.75, 3.05) is 36.6 Å². The highest BCUT2D eigenvalue weighted by atomic mass is 16.5. The normalized spacial score (nSPS) is 15.6. The summed E-state index contributed by atoms with van der Waals surface area (Å²) in [7, 11) is 1.58. The quantitative estimate of drug-likeness (QED) is 0.670. The topological polar surface area (TPSA) is 82.9 Å². The molecule has 1 unspecified atom stereocenters. The van der Waals surface area contributed by atoms with Gasteiger partial charge in [0, 0.05) is 30.9 Å². The second kappa shape index (κ2) is 9.79. The first-order chi connectivity index (χ1) is 14.6. The van der Waals surface area contributed by atoms with Crippen molar-refractivity contribution in [3.05, 3.63) is 48.5 Å². The summed E-state index contributed by atoms with van der Waals surface area (Å²) in [4.78, 5) is 29.1. The second-order valence-corrected chi connectivity index (χ2v) is 6.93. The van der Waals surface area contributed by atoms with Gasteiger partial charge in [0.15, 0.2) is 0 Å². The molecule has 1 fully saturated rings. The Morgan fingerprint density at radius 2 is 1.83 bits per heavy atom. The van der Waals surface area contributed by atoms with Crippen molar-refractivity contribution in [1.29, 1.82) is 5.26 Å². The van der Waals surface area contributed by atoms with E-state index in [1.807, 2.05) is 19.1 Å². The maximum atomic E-state index is 13.3. The molecule has 0 spiro atoms. The molecule has 2 aromatic rings. The lowest BCUT2D eigenvalue weighted by Gasteiger charge is -2.25. The van der Waals surface area contributed by atoms with E-state index in [2.05, 4.69) is 6.07 Å². The van der Waals surface area contributed by atoms with Crippen LogP contribution in [0, 0.1) is 17.2 Å². The first kappa shape index (κ1) is 21.2. The van der Waals surface area contributed by atoms with Crippen LogP contribution in [0.25, 0.3) is 0 Å². The number of carbonyl (C=O) groups is 2. The molecule has 0 saturated carbocycles. The van der Waals surface area contributed by atoms with Crippen molar-refractivity contribution in [3.8, 4) is 17.6 Å². The Kier molecular flexibility index (Phi) is 6.91. The van der Waals surface area contributed by atoms with Gasteiger partial charge in [-0.15, -0.1) is 0 Å². The molecule has 1 aliphatic rings. The maximum absolute atomic E-state index is 13.3. The first-order valence-electron chi connectivity index (χ1n) is 9.93. The van der Waals surface area contributed by atoms with Gasteiger partial charge in [-0.05, 0) is 55.5 Å². The number of carbonyl (C=O) groups excluding carboxylic acids is 2. The molecular formula is C23H25N3O4. The van der Waals surface area contributed by atoms with E-state index in [0.29, 0.717) is 24.6 Å². The summed E-state index contributed by atoms with van der Waals surface area (Å²) in [6, 6.07) is 16.5. The van der Waals surface area contributed by atoms with E-state index in [-0.39, 0.29) is 31.2 Å². The third-order valence-electron chi connectivity index (χ3n) is 5.03. The third-order valence-corrected chi connectivity index (χ3v) is 5.03. The summed E-state index contributed by atoms with van der Waals surface area (Å²) in [6.45, 7) is 3.05. The minimum Gasteiger partial charge on any atom is -0.497 e. The zero-order chi connectivity index (χ0) is 21.5. The summed E-state index contributed by atoms with van der Waals surface area (Å²) >= 11 is 0. The molecule has 156 valence electrons. The molecule has 30 heavy (non-hydrogen) atoms. The van der Waals surface area contributed by atoms with E-state index in [4.69, 9.17) is 14.7 Å². The van der Waals surface area contributed by atoms with Gasteiger partial charge in [-0.1, -0.05) is 0 Å². The van der Waals surface area contributed by atoms with Crippen LogP contribution in [0.2, 0.25) is 0 Å². The first-order valence-corrected chi connectivity index (χ1v) is 9.93. The van der Waals surface area contributed by atoms with Crippen molar-refractivity contribution >= 4 is 23.2 Å². The Hall–Kier alpha value is -3.53. The lowest BCUT2D eigenvalue weighted by Crippen LogP contribution is -2.38. The zero-order valence-electron chi connectivity index (χ0n) is 17.2. The Bertz CT molecular complexity index is 919. The summed E-state index contributed by atoms with van der Waals surface area (Å²) < 4.78 is 10.6. The molecule has 2 amide bonds. The Morgan fingerprint density at radius 3 is 2.43 bits per heavy atom. The summed E-state index contributed by atoms with van der Waals surface area (Å²) in [5.41, 5.74) is 1.43. The zero-order valence-corrected chi connectivity index (χ0v) is 17.2. The molecule has 1 saturated heterocycles. The van der Waals surface area contributed by atoms with Gasteiger partial charge >= 0.3 is 0 Å². The Balaban J connectivity index is 1.77. The molecule has 1 aliphatic heterocycles. The second-order valence-electron chi connectivity index (χ2n) is 6.93. The molecule has 1 heterocycles. The van der Waals surface area contributed by atoms with Crippen LogP contribution in [-0.4, -0.2) is 38.6 Å². The van der Waals surface area contributed by atoms with Crippen molar-refractivity contribution < 1.29 is 19.1 Å². The van der Waals surface area contributed by atoms with Crippen molar-refractivity contribution in [2.24, 2.45) is 5.92 Å². The molecule has 0 N–H and O–H groups in total. The molecule has 3 rings (SSSR count). The minimum absolute atomic E-state index is 0.0922. The molecular weight excluding hydrogens is 382 g/mol. The third kappa shape index (κ3) is 4.71. The Morgan fingerprint density at radius 1 is 1.17 bits per heavy atom. The molecule has 1 atom stereocenters. The van der Waals surface area contributed by atoms with E-state index in [0.717, 1.165) is 11.4 Å². The number of rotatable bonds is 8. The highest BCUT2D eigenvalue weighted by Gasteiger charge is 2.37. The fourth-order valence-corrected chi connectivity index (χ4v) is 3.52. The number of methoxy groups -OCH3 is 1. The van der Waals surface area contributed by atoms with E-state index in [1.165, 1.54) is 0 Å². The molecule has 0 aliphatic carbocycles. The number of ether oxygens (including phenoxy) is 2. The predicted octanol–water partition coefficient (Wildman–Crippen LogP) is 3.39. The lowest BCUT2D eigenvalue weighted by atomic mass is 10.1. The molecule has 2 aromatic carbocycles. The standard InChI is InChI=1S/C23H25N3O4/c1-3-30-21-11-7-18(8-12-21)25(14-4-13-24)23(28)17-15-22(27)26(16-17)19-5-9-20(29-2)10-6-19/h5-12,17H,3-4,14-16H2,1-2H3. The number of hydrogen-bond acceptors (Lipinski definition) is 5. The van der Waals surface area contributed by atoms with Crippen molar-refractivity contribution in [2.45, 2.75) is 19.8 Å². The van der Waals surface area contributed by atoms with Crippen molar-refractivity contribution in [3.63, 3.8) is 0 Å². The minimum atomic E-state index is -0.468. The van der Waals surface area contributed by atoms with Crippen LogP contribution in [0.15, 0.2) is 48.5 Å². The molecule has 7 heteroatoms. The van der Waals surface area contributed by atoms with E-state index < -0.39 is 5.92 Å². The van der Waals surface area contributed by atoms with Gasteiger partial charge < -0.3 is 19.3 Å². The molecule has 7 nitrogen and oxygen atoms in total. The average molecular weight is 407 g/mol. The summed E-state index contributed by atoms with van der Waals surface area (Å²) in [5.74, 6) is 0.709. The van der Waals surface area contributed by atoms with Crippen LogP contribution in [0.5, 0.6) is 11.5 Å². The van der Waals surface area contributed by atoms with Crippen LogP contribution in [0.4, 0.5) is 11.4 Å². The Labute approximate surface area is 176 Å². The summed E-state index contributed by atoms with van der Waals surface area (Å²) in [6.07, 6.45) is 0.354. The van der Waals surface area contributed by atoms with Crippen LogP contribution in [0.3, 0.4) is 0 Å². The van der Waals surface area contributed by atoms with Gasteiger partial charge in [-0.3, -0.25) is 9.59 Å². The number of hydrogen-bond donors (Lipinski definition) is 0. The average Bonchev–Trinajstić information content (AvgIpc) is 3.17. The SMILES string of the molecule is CCOc1ccc(N(CCC#N)C(=O)C2CC(=O)N(c3ccc(OC)cc3)C2)cc1. The number of nitrogens with zero attached hydrogens (tertiary/aromatic N) is 3. The van der Waals surface area contributed by atoms with E-state index in [1.54, 1.807) is 53.3 Å². The number of nitriles is 1. The fourth-order valence-electron chi connectivity index (χ4n) is 3.52. The van der Waals surface area contributed by atoms with Crippen LogP contribution < -0.4 is 19.3 Å². The summed E-state index contributed by atoms with van der Waals surface area (Å²) in [5, 5.41) is 9.02. The highest BCUT2D eigenvalue weighted by molar-refractivity contribution is 6.04. The van der Waals surface area contributed by atoms with Gasteiger partial charge in [0.25, 0.3) is 0 Å². The lowest BCUT2D eigenvalue weighted by molar-refractivity contribution is -0.124. The number of benzene rings is 2. The number of anilines is 2. The number of amides is 2. The highest BCUT2D eigenvalue weighted by Crippen LogP contribution is 2.29. The van der Waals surface area contributed by atoms with Gasteiger partial charge in [-0.2, -0.15) is 5.26 Å². The van der Waals surface area contributed by atoms with Gasteiger partial charge in [0.2, 0.25) is 11.8 Å². The van der Waals surface area contributed by atoms with Crippen LogP contribution in [0.1, 0.15) is 19.8 Å². The fraction of sp³-hybridized carbons (Fsp3) is 0.348. The van der Waals surface area contributed by atoms with Crippen LogP contribution >= 0.6 is 0 Å². The predicted molar refractivity (Wildman–Crippen MR) is 114 cm³/mol. The molecule has 0 bridgehead atoms. The maximum Gasteiger partial charge on any atom is 0.232 e. The monoisotopic (exact) mass is 407 g/mol. The van der Waals surface area contributed by atoms with E-state index in [9.17, 15) is 9.59 Å². The van der Waals surface area contributed by atoms with Gasteiger partial charge in [0.05, 0.1) is 32.1 Å². The molecule has 0 aromatic heterocycles. The van der Waals surface area contributed by atoms with Gasteiger partial charge in [-0.25, -0.2) is 0 Å². The molecule has 0 radical (unpaired) electrons. The van der Waals surface area contributed by atoms with Crippen molar-refractivity contribution in [1.82, 2.24) is 0 Å². The van der Waals surface area contributed by atoms with Crippen LogP contribution in [-0.2, 0) is 9.59 Å². The van der Waals surface area contributed by atoms with E-state index >= 15 is 0 Å². The largest absolute Gasteiger partial charge is 0.497 e. The smallest absolute Gasteiger partial charge is 0.232 e.